The Bertz CT molecular complexity index is 367. The third-order valence-corrected chi connectivity index (χ3v) is 2.94. The summed E-state index contributed by atoms with van der Waals surface area (Å²) in [6, 6.07) is 5.72. The van der Waals surface area contributed by atoms with E-state index in [0.29, 0.717) is 5.75 Å². The van der Waals surface area contributed by atoms with Crippen LogP contribution in [0.1, 0.15) is 24.9 Å². The van der Waals surface area contributed by atoms with Gasteiger partial charge in [-0.2, -0.15) is 0 Å². The summed E-state index contributed by atoms with van der Waals surface area (Å²) in [7, 11) is 5.72. The normalized spacial score (nSPS) is 12.7. The average Bonchev–Trinajstić information content (AvgIpc) is 2.34. The molecule has 0 aliphatic rings. The van der Waals surface area contributed by atoms with E-state index >= 15 is 0 Å². The number of phenolic OH excluding ortho intramolecular Hbond substituents is 1. The SMILES string of the molecule is COc1cc(C(C)NCCCN(C)C)ccc1O. The Morgan fingerprint density at radius 1 is 1.39 bits per heavy atom. The molecule has 18 heavy (non-hydrogen) atoms. The van der Waals surface area contributed by atoms with Gasteiger partial charge in [0.15, 0.2) is 11.5 Å². The fraction of sp³-hybridized carbons (Fsp3) is 0.571. The van der Waals surface area contributed by atoms with Crippen molar-refractivity contribution in [1.29, 1.82) is 0 Å². The molecule has 1 atom stereocenters. The minimum absolute atomic E-state index is 0.182. The van der Waals surface area contributed by atoms with Gasteiger partial charge < -0.3 is 20.1 Å². The van der Waals surface area contributed by atoms with E-state index in [1.165, 1.54) is 0 Å². The van der Waals surface area contributed by atoms with Gasteiger partial charge in [0, 0.05) is 6.04 Å². The largest absolute Gasteiger partial charge is 0.504 e. The van der Waals surface area contributed by atoms with Crippen molar-refractivity contribution >= 4 is 0 Å². The summed E-state index contributed by atoms with van der Waals surface area (Å²) >= 11 is 0. The van der Waals surface area contributed by atoms with E-state index in [4.69, 9.17) is 4.74 Å². The molecule has 0 saturated carbocycles. The highest BCUT2D eigenvalue weighted by atomic mass is 16.5. The van der Waals surface area contributed by atoms with Crippen LogP contribution in [0.2, 0.25) is 0 Å². The Morgan fingerprint density at radius 3 is 2.72 bits per heavy atom. The first-order valence-electron chi connectivity index (χ1n) is 6.29. The fourth-order valence-electron chi connectivity index (χ4n) is 1.80. The molecule has 4 heteroatoms. The zero-order valence-corrected chi connectivity index (χ0v) is 11.7. The van der Waals surface area contributed by atoms with Crippen molar-refractivity contribution in [2.45, 2.75) is 19.4 Å². The number of ether oxygens (including phenoxy) is 1. The van der Waals surface area contributed by atoms with Gasteiger partial charge in [-0.05, 0) is 58.2 Å². The van der Waals surface area contributed by atoms with Gasteiger partial charge >= 0.3 is 0 Å². The minimum Gasteiger partial charge on any atom is -0.504 e. The van der Waals surface area contributed by atoms with Crippen LogP contribution >= 0.6 is 0 Å². The predicted octanol–water partition coefficient (Wildman–Crippen LogP) is 2.00. The molecule has 0 aromatic heterocycles. The molecular formula is C14H24N2O2. The maximum absolute atomic E-state index is 9.54. The lowest BCUT2D eigenvalue weighted by atomic mass is 10.1. The Labute approximate surface area is 110 Å². The van der Waals surface area contributed by atoms with E-state index in [1.807, 2.05) is 12.1 Å². The summed E-state index contributed by atoms with van der Waals surface area (Å²) in [5.41, 5.74) is 1.12. The van der Waals surface area contributed by atoms with Crippen molar-refractivity contribution in [1.82, 2.24) is 10.2 Å². The predicted molar refractivity (Wildman–Crippen MR) is 74.2 cm³/mol. The number of nitrogens with one attached hydrogen (secondary N) is 1. The smallest absolute Gasteiger partial charge is 0.160 e. The maximum Gasteiger partial charge on any atom is 0.160 e. The van der Waals surface area contributed by atoms with Crippen molar-refractivity contribution in [3.05, 3.63) is 23.8 Å². The highest BCUT2D eigenvalue weighted by molar-refractivity contribution is 5.42. The molecule has 1 rings (SSSR count). The molecule has 0 spiro atoms. The van der Waals surface area contributed by atoms with Gasteiger partial charge in [0.1, 0.15) is 0 Å². The first-order valence-corrected chi connectivity index (χ1v) is 6.29. The van der Waals surface area contributed by atoms with E-state index in [2.05, 4.69) is 31.2 Å². The Kier molecular flexibility index (Phi) is 5.95. The Morgan fingerprint density at radius 2 is 2.11 bits per heavy atom. The molecule has 1 unspecified atom stereocenters. The third-order valence-electron chi connectivity index (χ3n) is 2.94. The van der Waals surface area contributed by atoms with Crippen molar-refractivity contribution < 1.29 is 9.84 Å². The van der Waals surface area contributed by atoms with Crippen molar-refractivity contribution in [2.75, 3.05) is 34.3 Å². The molecule has 0 aliphatic carbocycles. The summed E-state index contributed by atoms with van der Waals surface area (Å²) in [4.78, 5) is 2.18. The molecule has 4 nitrogen and oxygen atoms in total. The fourth-order valence-corrected chi connectivity index (χ4v) is 1.80. The molecule has 0 bridgehead atoms. The first-order chi connectivity index (χ1) is 8.54. The van der Waals surface area contributed by atoms with Crippen LogP contribution in [0, 0.1) is 0 Å². The van der Waals surface area contributed by atoms with Crippen LogP contribution < -0.4 is 10.1 Å². The zero-order chi connectivity index (χ0) is 13.5. The Balaban J connectivity index is 2.48. The summed E-state index contributed by atoms with van der Waals surface area (Å²) in [6.07, 6.45) is 1.12. The van der Waals surface area contributed by atoms with E-state index < -0.39 is 0 Å². The number of hydrogen-bond donors (Lipinski definition) is 2. The highest BCUT2D eigenvalue weighted by Gasteiger charge is 2.08. The van der Waals surface area contributed by atoms with Gasteiger partial charge in [0.2, 0.25) is 0 Å². The molecule has 102 valence electrons. The van der Waals surface area contributed by atoms with E-state index in [1.54, 1.807) is 13.2 Å². The Hall–Kier alpha value is -1.26. The highest BCUT2D eigenvalue weighted by Crippen LogP contribution is 2.28. The topological polar surface area (TPSA) is 44.7 Å². The van der Waals surface area contributed by atoms with Gasteiger partial charge in [-0.1, -0.05) is 6.07 Å². The van der Waals surface area contributed by atoms with Crippen molar-refractivity contribution in [2.24, 2.45) is 0 Å². The monoisotopic (exact) mass is 252 g/mol. The van der Waals surface area contributed by atoms with Crippen molar-refractivity contribution in [3.63, 3.8) is 0 Å². The van der Waals surface area contributed by atoms with Gasteiger partial charge in [-0.15, -0.1) is 0 Å². The molecular weight excluding hydrogens is 228 g/mol. The second-order valence-corrected chi connectivity index (χ2v) is 4.76. The summed E-state index contributed by atoms with van der Waals surface area (Å²) in [5.74, 6) is 0.704. The second kappa shape index (κ2) is 7.24. The molecule has 0 amide bonds. The maximum atomic E-state index is 9.54. The lowest BCUT2D eigenvalue weighted by Gasteiger charge is -2.16. The number of nitrogens with zero attached hydrogens (tertiary/aromatic N) is 1. The third kappa shape index (κ3) is 4.55. The molecule has 0 heterocycles. The quantitative estimate of drug-likeness (QED) is 0.729. The number of methoxy groups -OCH3 is 1. The molecule has 0 radical (unpaired) electrons. The second-order valence-electron chi connectivity index (χ2n) is 4.76. The van der Waals surface area contributed by atoms with Crippen LogP contribution in [0.4, 0.5) is 0 Å². The zero-order valence-electron chi connectivity index (χ0n) is 11.7. The molecule has 2 N–H and O–H groups in total. The van der Waals surface area contributed by atoms with E-state index in [0.717, 1.165) is 25.1 Å². The van der Waals surface area contributed by atoms with Gasteiger partial charge in [0.25, 0.3) is 0 Å². The van der Waals surface area contributed by atoms with Crippen LogP contribution in [0.15, 0.2) is 18.2 Å². The van der Waals surface area contributed by atoms with E-state index in [-0.39, 0.29) is 11.8 Å². The van der Waals surface area contributed by atoms with Gasteiger partial charge in [0.05, 0.1) is 7.11 Å². The van der Waals surface area contributed by atoms with Crippen molar-refractivity contribution in [3.8, 4) is 11.5 Å². The number of rotatable bonds is 7. The van der Waals surface area contributed by atoms with Gasteiger partial charge in [-0.25, -0.2) is 0 Å². The molecule has 1 aromatic carbocycles. The number of phenols is 1. The van der Waals surface area contributed by atoms with Crippen LogP contribution in [-0.4, -0.2) is 44.3 Å². The first kappa shape index (κ1) is 14.8. The summed E-state index contributed by atoms with van der Waals surface area (Å²) < 4.78 is 5.11. The molecule has 0 fully saturated rings. The van der Waals surface area contributed by atoms with Crippen LogP contribution in [0.5, 0.6) is 11.5 Å². The standard InChI is InChI=1S/C14H24N2O2/c1-11(15-8-5-9-16(2)3)12-6-7-13(17)14(10-12)18-4/h6-7,10-11,15,17H,5,8-9H2,1-4H3. The summed E-state index contributed by atoms with van der Waals surface area (Å²) in [6.45, 7) is 4.17. The molecule has 1 aromatic rings. The lowest BCUT2D eigenvalue weighted by Crippen LogP contribution is -2.23. The van der Waals surface area contributed by atoms with Crippen LogP contribution in [0.3, 0.4) is 0 Å². The number of benzene rings is 1. The number of aromatic hydroxyl groups is 1. The lowest BCUT2D eigenvalue weighted by molar-refractivity contribution is 0.371. The number of hydrogen-bond acceptors (Lipinski definition) is 4. The molecule has 0 saturated heterocycles. The molecule has 0 aliphatic heterocycles. The van der Waals surface area contributed by atoms with Gasteiger partial charge in [-0.3, -0.25) is 0 Å². The summed E-state index contributed by atoms with van der Waals surface area (Å²) in [5, 5.41) is 13.0. The average molecular weight is 252 g/mol. The van der Waals surface area contributed by atoms with Crippen LogP contribution in [-0.2, 0) is 0 Å². The van der Waals surface area contributed by atoms with E-state index in [9.17, 15) is 5.11 Å². The van der Waals surface area contributed by atoms with Crippen LogP contribution in [0.25, 0.3) is 0 Å². The minimum atomic E-state index is 0.182.